The number of piperidine rings is 1. The van der Waals surface area contributed by atoms with Crippen LogP contribution >= 0.6 is 0 Å². The standard InChI is InChI=1S/C12H22N6O3S/c1-17-12(9-15-16-17)22(20,21)18-7-3-2-4-10(18)8-14-11(19)5-6-13/h9-10H,2-8,13H2,1H3,(H,14,19). The Morgan fingerprint density at radius 3 is 2.91 bits per heavy atom. The van der Waals surface area contributed by atoms with Gasteiger partial charge in [0, 0.05) is 39.1 Å². The molecule has 124 valence electrons. The molecule has 1 fully saturated rings. The minimum absolute atomic E-state index is 0.0627. The van der Waals surface area contributed by atoms with Crippen molar-refractivity contribution >= 4 is 15.9 Å². The normalized spacial score (nSPS) is 20.0. The van der Waals surface area contributed by atoms with Gasteiger partial charge in [-0.15, -0.1) is 5.10 Å². The van der Waals surface area contributed by atoms with Crippen LogP contribution in [-0.2, 0) is 21.9 Å². The molecule has 9 nitrogen and oxygen atoms in total. The predicted octanol–water partition coefficient (Wildman–Crippen LogP) is -1.18. The number of sulfonamides is 1. The van der Waals surface area contributed by atoms with E-state index in [1.54, 1.807) is 7.05 Å². The lowest BCUT2D eigenvalue weighted by Crippen LogP contribution is -2.49. The molecular weight excluding hydrogens is 308 g/mol. The van der Waals surface area contributed by atoms with E-state index in [1.165, 1.54) is 15.2 Å². The summed E-state index contributed by atoms with van der Waals surface area (Å²) in [5.74, 6) is -0.160. The topological polar surface area (TPSA) is 123 Å². The number of nitrogens with zero attached hydrogens (tertiary/aromatic N) is 4. The fraction of sp³-hybridized carbons (Fsp3) is 0.750. The van der Waals surface area contributed by atoms with Gasteiger partial charge in [-0.1, -0.05) is 11.6 Å². The maximum Gasteiger partial charge on any atom is 0.262 e. The van der Waals surface area contributed by atoms with E-state index in [0.29, 0.717) is 19.5 Å². The van der Waals surface area contributed by atoms with Crippen LogP contribution in [0.1, 0.15) is 25.7 Å². The second-order valence-corrected chi connectivity index (χ2v) is 7.14. The van der Waals surface area contributed by atoms with Gasteiger partial charge in [-0.3, -0.25) is 4.79 Å². The van der Waals surface area contributed by atoms with Crippen LogP contribution in [0.5, 0.6) is 0 Å². The molecule has 22 heavy (non-hydrogen) atoms. The second kappa shape index (κ2) is 7.16. The van der Waals surface area contributed by atoms with Crippen LogP contribution in [0.25, 0.3) is 0 Å². The molecule has 1 aromatic rings. The van der Waals surface area contributed by atoms with Gasteiger partial charge in [0.25, 0.3) is 10.0 Å². The van der Waals surface area contributed by atoms with Gasteiger partial charge in [-0.2, -0.15) is 4.31 Å². The number of rotatable bonds is 6. The minimum atomic E-state index is -3.66. The number of hydrogen-bond donors (Lipinski definition) is 2. The molecule has 1 atom stereocenters. The third-order valence-corrected chi connectivity index (χ3v) is 5.72. The predicted molar refractivity (Wildman–Crippen MR) is 79.2 cm³/mol. The number of aryl methyl sites for hydroxylation is 1. The van der Waals surface area contributed by atoms with E-state index in [2.05, 4.69) is 15.6 Å². The van der Waals surface area contributed by atoms with Gasteiger partial charge in [0.2, 0.25) is 5.91 Å². The first-order chi connectivity index (χ1) is 10.5. The summed E-state index contributed by atoms with van der Waals surface area (Å²) < 4.78 is 28.2. The zero-order valence-electron chi connectivity index (χ0n) is 12.6. The quantitative estimate of drug-likeness (QED) is 0.677. The van der Waals surface area contributed by atoms with Crippen LogP contribution in [0, 0.1) is 0 Å². The number of hydrogen-bond acceptors (Lipinski definition) is 6. The smallest absolute Gasteiger partial charge is 0.262 e. The van der Waals surface area contributed by atoms with Crippen molar-refractivity contribution in [3.63, 3.8) is 0 Å². The van der Waals surface area contributed by atoms with E-state index < -0.39 is 10.0 Å². The number of aromatic nitrogens is 3. The Labute approximate surface area is 129 Å². The lowest BCUT2D eigenvalue weighted by atomic mass is 10.1. The molecule has 0 aliphatic carbocycles. The van der Waals surface area contributed by atoms with Gasteiger partial charge in [-0.05, 0) is 12.8 Å². The molecule has 0 radical (unpaired) electrons. The Balaban J connectivity index is 2.12. The Morgan fingerprint density at radius 2 is 2.27 bits per heavy atom. The number of nitrogens with one attached hydrogen (secondary N) is 1. The number of carbonyl (C=O) groups is 1. The Morgan fingerprint density at radius 1 is 1.50 bits per heavy atom. The van der Waals surface area contributed by atoms with Crippen molar-refractivity contribution in [3.8, 4) is 0 Å². The maximum atomic E-state index is 12.7. The third-order valence-electron chi connectivity index (χ3n) is 3.73. The second-order valence-electron chi connectivity index (χ2n) is 5.30. The highest BCUT2D eigenvalue weighted by Crippen LogP contribution is 2.24. The summed E-state index contributed by atoms with van der Waals surface area (Å²) in [6.45, 7) is 1.01. The van der Waals surface area contributed by atoms with E-state index in [9.17, 15) is 13.2 Å². The molecule has 2 rings (SSSR count). The van der Waals surface area contributed by atoms with Gasteiger partial charge in [0.1, 0.15) is 0 Å². The SMILES string of the molecule is Cn1nncc1S(=O)(=O)N1CCCCC1CNC(=O)CCN. The van der Waals surface area contributed by atoms with Crippen molar-refractivity contribution < 1.29 is 13.2 Å². The molecule has 1 unspecified atom stereocenters. The molecule has 2 heterocycles. The van der Waals surface area contributed by atoms with Crippen LogP contribution in [0.4, 0.5) is 0 Å². The fourth-order valence-corrected chi connectivity index (χ4v) is 4.31. The summed E-state index contributed by atoms with van der Waals surface area (Å²) in [6.07, 6.45) is 3.94. The van der Waals surface area contributed by atoms with Gasteiger partial charge < -0.3 is 11.1 Å². The van der Waals surface area contributed by atoms with Crippen molar-refractivity contribution in [1.82, 2.24) is 24.6 Å². The molecule has 1 aliphatic rings. The van der Waals surface area contributed by atoms with Crippen molar-refractivity contribution in [2.45, 2.75) is 36.8 Å². The van der Waals surface area contributed by atoms with Crippen LogP contribution < -0.4 is 11.1 Å². The average molecular weight is 330 g/mol. The summed E-state index contributed by atoms with van der Waals surface area (Å²) in [7, 11) is -2.12. The Kier molecular flexibility index (Phi) is 5.48. The van der Waals surface area contributed by atoms with Gasteiger partial charge in [0.05, 0.1) is 6.20 Å². The molecule has 0 spiro atoms. The Bertz CT molecular complexity index is 614. The van der Waals surface area contributed by atoms with Gasteiger partial charge >= 0.3 is 0 Å². The lowest BCUT2D eigenvalue weighted by Gasteiger charge is -2.34. The van der Waals surface area contributed by atoms with E-state index >= 15 is 0 Å². The van der Waals surface area contributed by atoms with E-state index in [1.807, 2.05) is 0 Å². The van der Waals surface area contributed by atoms with Crippen molar-refractivity contribution in [3.05, 3.63) is 6.20 Å². The average Bonchev–Trinajstić information content (AvgIpc) is 2.93. The molecule has 1 aliphatic heterocycles. The first-order valence-corrected chi connectivity index (χ1v) is 8.74. The zero-order chi connectivity index (χ0) is 16.2. The summed E-state index contributed by atoms with van der Waals surface area (Å²) in [6, 6.07) is -0.254. The first-order valence-electron chi connectivity index (χ1n) is 7.30. The summed E-state index contributed by atoms with van der Waals surface area (Å²) in [5, 5.41) is 10.1. The molecule has 0 saturated carbocycles. The molecule has 1 saturated heterocycles. The number of nitrogens with two attached hydrogens (primary N) is 1. The number of amides is 1. The van der Waals surface area contributed by atoms with Crippen molar-refractivity contribution in [2.24, 2.45) is 12.8 Å². The maximum absolute atomic E-state index is 12.7. The molecule has 0 bridgehead atoms. The largest absolute Gasteiger partial charge is 0.354 e. The van der Waals surface area contributed by atoms with Crippen LogP contribution in [0.3, 0.4) is 0 Å². The lowest BCUT2D eigenvalue weighted by molar-refractivity contribution is -0.121. The van der Waals surface area contributed by atoms with Gasteiger partial charge in [0.15, 0.2) is 5.03 Å². The van der Waals surface area contributed by atoms with E-state index in [-0.39, 0.29) is 29.9 Å². The van der Waals surface area contributed by atoms with E-state index in [4.69, 9.17) is 5.73 Å². The highest BCUT2D eigenvalue weighted by atomic mass is 32.2. The third kappa shape index (κ3) is 3.62. The minimum Gasteiger partial charge on any atom is -0.354 e. The molecular formula is C12H22N6O3S. The number of carbonyl (C=O) groups excluding carboxylic acids is 1. The highest BCUT2D eigenvalue weighted by Gasteiger charge is 2.35. The van der Waals surface area contributed by atoms with Crippen molar-refractivity contribution in [2.75, 3.05) is 19.6 Å². The summed E-state index contributed by atoms with van der Waals surface area (Å²) in [5.41, 5.74) is 5.33. The summed E-state index contributed by atoms with van der Waals surface area (Å²) in [4.78, 5) is 11.5. The van der Waals surface area contributed by atoms with Crippen LogP contribution in [0.2, 0.25) is 0 Å². The van der Waals surface area contributed by atoms with Crippen molar-refractivity contribution in [1.29, 1.82) is 0 Å². The molecule has 0 aromatic carbocycles. The molecule has 1 amide bonds. The van der Waals surface area contributed by atoms with Crippen LogP contribution in [0.15, 0.2) is 11.2 Å². The summed E-state index contributed by atoms with van der Waals surface area (Å²) >= 11 is 0. The monoisotopic (exact) mass is 330 g/mol. The van der Waals surface area contributed by atoms with E-state index in [0.717, 1.165) is 12.8 Å². The Hall–Kier alpha value is -1.52. The zero-order valence-corrected chi connectivity index (χ0v) is 13.4. The van der Waals surface area contributed by atoms with Gasteiger partial charge in [-0.25, -0.2) is 13.1 Å². The highest BCUT2D eigenvalue weighted by molar-refractivity contribution is 7.89. The first kappa shape index (κ1) is 16.8. The molecule has 3 N–H and O–H groups in total. The fourth-order valence-electron chi connectivity index (χ4n) is 2.58. The molecule has 10 heteroatoms. The van der Waals surface area contributed by atoms with Crippen LogP contribution in [-0.4, -0.2) is 59.3 Å². The molecule has 1 aromatic heterocycles.